The lowest BCUT2D eigenvalue weighted by atomic mass is 10.2. The minimum absolute atomic E-state index is 0.415. The van der Waals surface area contributed by atoms with Crippen LogP contribution in [0.15, 0.2) is 16.5 Å². The molecule has 0 bridgehead atoms. The average Bonchev–Trinajstić information content (AvgIpc) is 2.87. The number of furan rings is 1. The van der Waals surface area contributed by atoms with Crippen molar-refractivity contribution < 1.29 is 9.21 Å². The number of rotatable bonds is 4. The van der Waals surface area contributed by atoms with E-state index in [0.717, 1.165) is 31.7 Å². The molecule has 4 heteroatoms. The highest BCUT2D eigenvalue weighted by atomic mass is 16.3. The first kappa shape index (κ1) is 11.4. The minimum Gasteiger partial charge on any atom is -0.457 e. The quantitative estimate of drug-likeness (QED) is 0.718. The Morgan fingerprint density at radius 1 is 1.56 bits per heavy atom. The zero-order valence-corrected chi connectivity index (χ0v) is 9.85. The Morgan fingerprint density at radius 3 is 2.94 bits per heavy atom. The maximum atomic E-state index is 10.5. The van der Waals surface area contributed by atoms with Gasteiger partial charge < -0.3 is 9.32 Å². The van der Waals surface area contributed by atoms with E-state index in [2.05, 4.69) is 23.9 Å². The zero-order chi connectivity index (χ0) is 11.5. The average molecular weight is 222 g/mol. The first-order chi connectivity index (χ1) is 7.69. The van der Waals surface area contributed by atoms with Gasteiger partial charge in [-0.05, 0) is 32.6 Å². The van der Waals surface area contributed by atoms with Crippen LogP contribution in [-0.4, -0.2) is 49.3 Å². The summed E-state index contributed by atoms with van der Waals surface area (Å²) in [5, 5.41) is 0. The molecule has 1 aliphatic heterocycles. The molecule has 0 spiro atoms. The van der Waals surface area contributed by atoms with Crippen LogP contribution in [0, 0.1) is 0 Å². The molecule has 1 atom stereocenters. The van der Waals surface area contributed by atoms with Crippen LogP contribution in [0.5, 0.6) is 0 Å². The number of carbonyl (C=O) groups is 1. The van der Waals surface area contributed by atoms with E-state index in [-0.39, 0.29) is 0 Å². The fourth-order valence-corrected chi connectivity index (χ4v) is 2.14. The van der Waals surface area contributed by atoms with Crippen molar-refractivity contribution in [3.05, 3.63) is 23.7 Å². The Balaban J connectivity index is 1.89. The summed E-state index contributed by atoms with van der Waals surface area (Å²) in [6.45, 7) is 2.97. The van der Waals surface area contributed by atoms with E-state index in [4.69, 9.17) is 4.42 Å². The van der Waals surface area contributed by atoms with Crippen molar-refractivity contribution in [2.24, 2.45) is 0 Å². The van der Waals surface area contributed by atoms with Crippen LogP contribution in [-0.2, 0) is 6.54 Å². The Kier molecular flexibility index (Phi) is 3.41. The van der Waals surface area contributed by atoms with E-state index in [0.29, 0.717) is 11.8 Å². The smallest absolute Gasteiger partial charge is 0.185 e. The normalized spacial score (nSPS) is 21.8. The fourth-order valence-electron chi connectivity index (χ4n) is 2.14. The van der Waals surface area contributed by atoms with Crippen LogP contribution in [0.25, 0.3) is 0 Å². The molecule has 16 heavy (non-hydrogen) atoms. The van der Waals surface area contributed by atoms with E-state index in [1.54, 1.807) is 6.07 Å². The maximum absolute atomic E-state index is 10.5. The van der Waals surface area contributed by atoms with Gasteiger partial charge in [-0.1, -0.05) is 0 Å². The van der Waals surface area contributed by atoms with Gasteiger partial charge >= 0.3 is 0 Å². The number of aldehydes is 1. The molecule has 88 valence electrons. The van der Waals surface area contributed by atoms with Crippen LogP contribution in [0.1, 0.15) is 22.7 Å². The lowest BCUT2D eigenvalue weighted by molar-refractivity contribution is 0.109. The summed E-state index contributed by atoms with van der Waals surface area (Å²) in [7, 11) is 4.23. The van der Waals surface area contributed by atoms with Gasteiger partial charge in [0.2, 0.25) is 0 Å². The van der Waals surface area contributed by atoms with Crippen molar-refractivity contribution >= 4 is 6.29 Å². The van der Waals surface area contributed by atoms with Crippen molar-refractivity contribution in [2.75, 3.05) is 27.2 Å². The highest BCUT2D eigenvalue weighted by Crippen LogP contribution is 2.17. The van der Waals surface area contributed by atoms with E-state index < -0.39 is 0 Å². The molecule has 0 aliphatic carbocycles. The van der Waals surface area contributed by atoms with Crippen molar-refractivity contribution in [1.82, 2.24) is 9.80 Å². The first-order valence-corrected chi connectivity index (χ1v) is 5.61. The lowest BCUT2D eigenvalue weighted by Crippen LogP contribution is -2.31. The molecule has 1 unspecified atom stereocenters. The van der Waals surface area contributed by atoms with Gasteiger partial charge in [0.1, 0.15) is 5.76 Å². The molecule has 0 saturated carbocycles. The highest BCUT2D eigenvalue weighted by Gasteiger charge is 2.24. The third-order valence-corrected chi connectivity index (χ3v) is 3.16. The van der Waals surface area contributed by atoms with E-state index >= 15 is 0 Å². The van der Waals surface area contributed by atoms with Gasteiger partial charge in [0.15, 0.2) is 12.0 Å². The zero-order valence-electron chi connectivity index (χ0n) is 9.85. The van der Waals surface area contributed by atoms with Gasteiger partial charge in [-0.15, -0.1) is 0 Å². The number of hydrogen-bond acceptors (Lipinski definition) is 4. The largest absolute Gasteiger partial charge is 0.457 e. The van der Waals surface area contributed by atoms with Gasteiger partial charge in [0.05, 0.1) is 6.54 Å². The third-order valence-electron chi connectivity index (χ3n) is 3.16. The first-order valence-electron chi connectivity index (χ1n) is 5.61. The molecule has 1 saturated heterocycles. The molecular weight excluding hydrogens is 204 g/mol. The molecule has 1 fully saturated rings. The fraction of sp³-hybridized carbons (Fsp3) is 0.583. The van der Waals surface area contributed by atoms with Crippen molar-refractivity contribution in [1.29, 1.82) is 0 Å². The molecule has 0 amide bonds. The van der Waals surface area contributed by atoms with Crippen LogP contribution in [0.2, 0.25) is 0 Å². The van der Waals surface area contributed by atoms with Gasteiger partial charge in [-0.25, -0.2) is 0 Å². The Morgan fingerprint density at radius 2 is 2.38 bits per heavy atom. The summed E-state index contributed by atoms with van der Waals surface area (Å²) >= 11 is 0. The molecule has 2 rings (SSSR count). The molecule has 0 aromatic carbocycles. The summed E-state index contributed by atoms with van der Waals surface area (Å²) in [6.07, 6.45) is 1.95. The Bertz CT molecular complexity index is 360. The molecule has 1 aliphatic rings. The summed E-state index contributed by atoms with van der Waals surface area (Å²) in [5.41, 5.74) is 0. The molecule has 1 aromatic rings. The highest BCUT2D eigenvalue weighted by molar-refractivity contribution is 5.70. The maximum Gasteiger partial charge on any atom is 0.185 e. The van der Waals surface area contributed by atoms with Crippen molar-refractivity contribution in [2.45, 2.75) is 19.0 Å². The van der Waals surface area contributed by atoms with Crippen LogP contribution in [0.3, 0.4) is 0 Å². The SMILES string of the molecule is CN(C)C1CCN(Cc2ccc(C=O)o2)C1. The monoisotopic (exact) mass is 222 g/mol. The molecule has 1 aromatic heterocycles. The Hall–Kier alpha value is -1.13. The van der Waals surface area contributed by atoms with Crippen molar-refractivity contribution in [3.63, 3.8) is 0 Å². The van der Waals surface area contributed by atoms with E-state index in [1.165, 1.54) is 6.42 Å². The summed E-state index contributed by atoms with van der Waals surface area (Å²) < 4.78 is 5.37. The minimum atomic E-state index is 0.415. The second-order valence-corrected chi connectivity index (χ2v) is 4.56. The third kappa shape index (κ3) is 2.51. The topological polar surface area (TPSA) is 36.7 Å². The number of likely N-dealkylation sites (N-methyl/N-ethyl adjacent to an activating group) is 1. The second-order valence-electron chi connectivity index (χ2n) is 4.56. The van der Waals surface area contributed by atoms with Crippen LogP contribution >= 0.6 is 0 Å². The number of nitrogens with zero attached hydrogens (tertiary/aromatic N) is 2. The van der Waals surface area contributed by atoms with Gasteiger partial charge in [0, 0.05) is 19.1 Å². The van der Waals surface area contributed by atoms with Crippen LogP contribution < -0.4 is 0 Å². The molecule has 0 radical (unpaired) electrons. The predicted octanol–water partition coefficient (Wildman–Crippen LogP) is 1.23. The molecule has 2 heterocycles. The number of likely N-dealkylation sites (tertiary alicyclic amines) is 1. The molecule has 4 nitrogen and oxygen atoms in total. The molecule has 0 N–H and O–H groups in total. The number of hydrogen-bond donors (Lipinski definition) is 0. The van der Waals surface area contributed by atoms with Gasteiger partial charge in [0.25, 0.3) is 0 Å². The standard InChI is InChI=1S/C12H18N2O2/c1-13(2)10-5-6-14(7-10)8-11-3-4-12(9-15)16-11/h3-4,9-10H,5-8H2,1-2H3. The van der Waals surface area contributed by atoms with Gasteiger partial charge in [-0.2, -0.15) is 0 Å². The van der Waals surface area contributed by atoms with Crippen LogP contribution in [0.4, 0.5) is 0 Å². The number of carbonyl (C=O) groups excluding carboxylic acids is 1. The van der Waals surface area contributed by atoms with Gasteiger partial charge in [-0.3, -0.25) is 9.69 Å². The summed E-state index contributed by atoms with van der Waals surface area (Å²) in [6, 6.07) is 4.25. The predicted molar refractivity (Wildman–Crippen MR) is 61.5 cm³/mol. The summed E-state index contributed by atoms with van der Waals surface area (Å²) in [5.74, 6) is 1.29. The van der Waals surface area contributed by atoms with E-state index in [1.807, 2.05) is 6.07 Å². The van der Waals surface area contributed by atoms with Crippen molar-refractivity contribution in [3.8, 4) is 0 Å². The molecular formula is C12H18N2O2. The lowest BCUT2D eigenvalue weighted by Gasteiger charge is -2.19. The second kappa shape index (κ2) is 4.80. The Labute approximate surface area is 95.8 Å². The van der Waals surface area contributed by atoms with E-state index in [9.17, 15) is 4.79 Å². The summed E-state index contributed by atoms with van der Waals surface area (Å²) in [4.78, 5) is 15.1.